The van der Waals surface area contributed by atoms with Crippen LogP contribution in [0.1, 0.15) is 24.2 Å². The topological polar surface area (TPSA) is 47.0 Å². The third-order valence-corrected chi connectivity index (χ3v) is 3.02. The van der Waals surface area contributed by atoms with Crippen LogP contribution in [0.4, 0.5) is 0 Å². The standard InChI is InChI=1S/C12H15N3OS/c1-3-13-12(10-8-14-17-15-10)9-6-4-5-7-11(9)16-2/h4-8,12-13H,3H2,1-2H3. The highest BCUT2D eigenvalue weighted by molar-refractivity contribution is 6.99. The lowest BCUT2D eigenvalue weighted by molar-refractivity contribution is 0.404. The van der Waals surface area contributed by atoms with Crippen LogP contribution in [-0.2, 0) is 0 Å². The Hall–Kier alpha value is -1.46. The molecule has 0 aliphatic carbocycles. The predicted molar refractivity (Wildman–Crippen MR) is 68.4 cm³/mol. The van der Waals surface area contributed by atoms with E-state index in [1.54, 1.807) is 13.3 Å². The van der Waals surface area contributed by atoms with E-state index < -0.39 is 0 Å². The van der Waals surface area contributed by atoms with Gasteiger partial charge in [0.15, 0.2) is 0 Å². The number of benzene rings is 1. The van der Waals surface area contributed by atoms with Crippen molar-refractivity contribution >= 4 is 11.7 Å². The molecule has 1 atom stereocenters. The molecule has 0 bridgehead atoms. The summed E-state index contributed by atoms with van der Waals surface area (Å²) in [6, 6.07) is 8.01. The van der Waals surface area contributed by atoms with Crippen molar-refractivity contribution in [3.8, 4) is 5.75 Å². The number of para-hydroxylation sites is 1. The minimum Gasteiger partial charge on any atom is -0.496 e. The second-order valence-corrected chi connectivity index (χ2v) is 4.12. The number of methoxy groups -OCH3 is 1. The van der Waals surface area contributed by atoms with Crippen LogP contribution in [0.5, 0.6) is 5.75 Å². The molecule has 2 rings (SSSR count). The molecule has 1 unspecified atom stereocenters. The van der Waals surface area contributed by atoms with Crippen molar-refractivity contribution in [1.29, 1.82) is 0 Å². The molecule has 0 amide bonds. The first-order chi connectivity index (χ1) is 8.36. The van der Waals surface area contributed by atoms with Gasteiger partial charge in [-0.3, -0.25) is 0 Å². The molecule has 0 radical (unpaired) electrons. The van der Waals surface area contributed by atoms with Gasteiger partial charge in [-0.15, -0.1) is 0 Å². The molecule has 0 aliphatic heterocycles. The van der Waals surface area contributed by atoms with Crippen molar-refractivity contribution in [3.05, 3.63) is 41.7 Å². The van der Waals surface area contributed by atoms with Gasteiger partial charge >= 0.3 is 0 Å². The zero-order chi connectivity index (χ0) is 12.1. The predicted octanol–water partition coefficient (Wildman–Crippen LogP) is 2.25. The lowest BCUT2D eigenvalue weighted by Crippen LogP contribution is -2.22. The summed E-state index contributed by atoms with van der Waals surface area (Å²) in [7, 11) is 1.68. The van der Waals surface area contributed by atoms with Crippen LogP contribution in [0, 0.1) is 0 Å². The smallest absolute Gasteiger partial charge is 0.124 e. The Bertz CT molecular complexity index is 459. The van der Waals surface area contributed by atoms with E-state index in [4.69, 9.17) is 4.74 Å². The number of hydrogen-bond donors (Lipinski definition) is 1. The number of nitrogens with one attached hydrogen (secondary N) is 1. The van der Waals surface area contributed by atoms with E-state index in [0.717, 1.165) is 23.6 Å². The lowest BCUT2D eigenvalue weighted by Gasteiger charge is -2.18. The number of ether oxygens (including phenoxy) is 1. The van der Waals surface area contributed by atoms with Crippen LogP contribution in [0.2, 0.25) is 0 Å². The summed E-state index contributed by atoms with van der Waals surface area (Å²) in [6.45, 7) is 2.93. The van der Waals surface area contributed by atoms with E-state index in [1.165, 1.54) is 11.7 Å². The van der Waals surface area contributed by atoms with Gasteiger partial charge in [-0.05, 0) is 12.6 Å². The summed E-state index contributed by atoms with van der Waals surface area (Å²) in [5, 5.41) is 3.40. The third kappa shape index (κ3) is 2.62. The van der Waals surface area contributed by atoms with Gasteiger partial charge in [-0.25, -0.2) is 0 Å². The second kappa shape index (κ2) is 5.75. The fourth-order valence-electron chi connectivity index (χ4n) is 1.78. The molecule has 0 saturated heterocycles. The molecule has 2 aromatic rings. The Morgan fingerprint density at radius 2 is 2.24 bits per heavy atom. The highest BCUT2D eigenvalue weighted by Gasteiger charge is 2.18. The van der Waals surface area contributed by atoms with Gasteiger partial charge in [-0.1, -0.05) is 25.1 Å². The van der Waals surface area contributed by atoms with Gasteiger partial charge in [0.1, 0.15) is 5.75 Å². The molecule has 17 heavy (non-hydrogen) atoms. The monoisotopic (exact) mass is 249 g/mol. The first kappa shape index (κ1) is 12.0. The first-order valence-electron chi connectivity index (χ1n) is 5.50. The molecule has 1 aromatic carbocycles. The zero-order valence-corrected chi connectivity index (χ0v) is 10.7. The van der Waals surface area contributed by atoms with Gasteiger partial charge in [0.25, 0.3) is 0 Å². The molecule has 1 N–H and O–H groups in total. The zero-order valence-electron chi connectivity index (χ0n) is 9.88. The first-order valence-corrected chi connectivity index (χ1v) is 6.23. The van der Waals surface area contributed by atoms with E-state index >= 15 is 0 Å². The van der Waals surface area contributed by atoms with Crippen LogP contribution < -0.4 is 10.1 Å². The number of rotatable bonds is 5. The third-order valence-electron chi connectivity index (χ3n) is 2.53. The normalized spacial score (nSPS) is 12.4. The Kier molecular flexibility index (Phi) is 4.06. The highest BCUT2D eigenvalue weighted by Crippen LogP contribution is 2.28. The highest BCUT2D eigenvalue weighted by atomic mass is 32.1. The Balaban J connectivity index is 2.39. The molecule has 0 saturated carbocycles. The average Bonchev–Trinajstić information content (AvgIpc) is 2.89. The lowest BCUT2D eigenvalue weighted by atomic mass is 10.0. The minimum atomic E-state index is 0.0369. The Morgan fingerprint density at radius 3 is 2.88 bits per heavy atom. The van der Waals surface area contributed by atoms with Crippen molar-refractivity contribution in [1.82, 2.24) is 14.1 Å². The molecule has 0 aliphatic rings. The quantitative estimate of drug-likeness (QED) is 0.883. The molecular weight excluding hydrogens is 234 g/mol. The SMILES string of the molecule is CCNC(c1cnsn1)c1ccccc1OC. The molecule has 0 spiro atoms. The molecule has 1 heterocycles. The fourth-order valence-corrected chi connectivity index (χ4v) is 2.23. The molecule has 4 nitrogen and oxygen atoms in total. The van der Waals surface area contributed by atoms with E-state index in [-0.39, 0.29) is 6.04 Å². The maximum absolute atomic E-state index is 5.39. The van der Waals surface area contributed by atoms with Crippen LogP contribution in [-0.4, -0.2) is 22.4 Å². The Labute approximate surface area is 105 Å². The van der Waals surface area contributed by atoms with Crippen LogP contribution >= 0.6 is 11.7 Å². The maximum atomic E-state index is 5.39. The van der Waals surface area contributed by atoms with Gasteiger partial charge in [-0.2, -0.15) is 8.75 Å². The van der Waals surface area contributed by atoms with Crippen LogP contribution in [0.15, 0.2) is 30.5 Å². The summed E-state index contributed by atoms with van der Waals surface area (Å²) >= 11 is 1.22. The van der Waals surface area contributed by atoms with E-state index in [1.807, 2.05) is 24.3 Å². The van der Waals surface area contributed by atoms with Crippen molar-refractivity contribution in [2.24, 2.45) is 0 Å². The van der Waals surface area contributed by atoms with E-state index in [9.17, 15) is 0 Å². The summed E-state index contributed by atoms with van der Waals surface area (Å²) in [5.41, 5.74) is 2.02. The van der Waals surface area contributed by atoms with E-state index in [2.05, 4.69) is 21.0 Å². The summed E-state index contributed by atoms with van der Waals surface area (Å²) in [4.78, 5) is 0. The van der Waals surface area contributed by atoms with Gasteiger partial charge in [0.05, 0.1) is 36.8 Å². The summed E-state index contributed by atoms with van der Waals surface area (Å²) in [6.07, 6.45) is 1.80. The van der Waals surface area contributed by atoms with Crippen molar-refractivity contribution in [2.45, 2.75) is 13.0 Å². The van der Waals surface area contributed by atoms with E-state index in [0.29, 0.717) is 0 Å². The minimum absolute atomic E-state index is 0.0369. The maximum Gasteiger partial charge on any atom is 0.124 e. The Morgan fingerprint density at radius 1 is 1.41 bits per heavy atom. The van der Waals surface area contributed by atoms with Crippen molar-refractivity contribution in [3.63, 3.8) is 0 Å². The molecule has 90 valence electrons. The number of nitrogens with zero attached hydrogens (tertiary/aromatic N) is 2. The second-order valence-electron chi connectivity index (χ2n) is 3.56. The molecule has 0 fully saturated rings. The van der Waals surface area contributed by atoms with Gasteiger partial charge in [0, 0.05) is 5.56 Å². The van der Waals surface area contributed by atoms with Crippen molar-refractivity contribution < 1.29 is 4.74 Å². The van der Waals surface area contributed by atoms with Gasteiger partial charge in [0.2, 0.25) is 0 Å². The molecular formula is C12H15N3OS. The van der Waals surface area contributed by atoms with Gasteiger partial charge < -0.3 is 10.1 Å². The molecule has 1 aromatic heterocycles. The summed E-state index contributed by atoms with van der Waals surface area (Å²) < 4.78 is 13.7. The fraction of sp³-hybridized carbons (Fsp3) is 0.333. The number of hydrogen-bond acceptors (Lipinski definition) is 5. The average molecular weight is 249 g/mol. The largest absolute Gasteiger partial charge is 0.496 e. The van der Waals surface area contributed by atoms with Crippen LogP contribution in [0.25, 0.3) is 0 Å². The van der Waals surface area contributed by atoms with Crippen molar-refractivity contribution in [2.75, 3.05) is 13.7 Å². The van der Waals surface area contributed by atoms with Crippen LogP contribution in [0.3, 0.4) is 0 Å². The summed E-state index contributed by atoms with van der Waals surface area (Å²) in [5.74, 6) is 0.867. The molecule has 5 heteroatoms. The number of aromatic nitrogens is 2.